The summed E-state index contributed by atoms with van der Waals surface area (Å²) in [5, 5.41) is 8.35. The number of hydrogen-bond donors (Lipinski definition) is 1. The molecule has 5 heteroatoms. The Kier molecular flexibility index (Phi) is 6.73. The number of sulfone groups is 1. The van der Waals surface area contributed by atoms with Gasteiger partial charge in [-0.3, -0.25) is 0 Å². The van der Waals surface area contributed by atoms with Crippen molar-refractivity contribution in [2.24, 2.45) is 0 Å². The molecule has 21 heavy (non-hydrogen) atoms. The van der Waals surface area contributed by atoms with Gasteiger partial charge in [-0.25, -0.2) is 8.42 Å². The van der Waals surface area contributed by atoms with Crippen molar-refractivity contribution >= 4 is 9.84 Å². The van der Waals surface area contributed by atoms with E-state index in [0.29, 0.717) is 17.7 Å². The zero-order valence-electron chi connectivity index (χ0n) is 12.7. The second kappa shape index (κ2) is 8.06. The lowest BCUT2D eigenvalue weighted by Gasteiger charge is -2.11. The maximum atomic E-state index is 11.7. The van der Waals surface area contributed by atoms with Crippen molar-refractivity contribution in [2.45, 2.75) is 32.4 Å². The van der Waals surface area contributed by atoms with Crippen molar-refractivity contribution in [3.63, 3.8) is 0 Å². The maximum Gasteiger partial charge on any atom is 0.155 e. The third-order valence-electron chi connectivity index (χ3n) is 2.94. The number of hydrogen-bond acceptors (Lipinski definition) is 4. The standard InChI is InChI=1S/C16H22O4S/c1-13(2)21(18,19)11-10-20-16-8-7-14(3)12-15(16)6-4-5-9-17/h7-8,12-13,17H,5,9-11H2,1-3H3. The molecule has 1 rings (SSSR count). The van der Waals surface area contributed by atoms with Crippen LogP contribution in [-0.4, -0.2) is 37.7 Å². The summed E-state index contributed by atoms with van der Waals surface area (Å²) in [6, 6.07) is 5.57. The lowest BCUT2D eigenvalue weighted by Crippen LogP contribution is -2.22. The third-order valence-corrected chi connectivity index (χ3v) is 5.11. The molecule has 0 saturated carbocycles. The van der Waals surface area contributed by atoms with Crippen LogP contribution < -0.4 is 4.74 Å². The van der Waals surface area contributed by atoms with Gasteiger partial charge in [-0.1, -0.05) is 17.9 Å². The normalized spacial score (nSPS) is 11.1. The molecule has 0 bridgehead atoms. The third kappa shape index (κ3) is 5.78. The van der Waals surface area contributed by atoms with Gasteiger partial charge >= 0.3 is 0 Å². The Bertz CT molecular complexity index is 621. The minimum atomic E-state index is -3.10. The van der Waals surface area contributed by atoms with E-state index in [2.05, 4.69) is 11.8 Å². The summed E-state index contributed by atoms with van der Waals surface area (Å²) in [4.78, 5) is 0. The van der Waals surface area contributed by atoms with E-state index < -0.39 is 15.1 Å². The molecular formula is C16H22O4S. The first kappa shape index (κ1) is 17.5. The van der Waals surface area contributed by atoms with Gasteiger partial charge in [-0.05, 0) is 38.5 Å². The number of benzene rings is 1. The molecule has 0 amide bonds. The highest BCUT2D eigenvalue weighted by molar-refractivity contribution is 7.91. The van der Waals surface area contributed by atoms with Gasteiger partial charge in [0.25, 0.3) is 0 Å². The van der Waals surface area contributed by atoms with Crippen molar-refractivity contribution < 1.29 is 18.3 Å². The molecule has 0 aliphatic heterocycles. The molecular weight excluding hydrogens is 288 g/mol. The Morgan fingerprint density at radius 1 is 1.33 bits per heavy atom. The van der Waals surface area contributed by atoms with Crippen LogP contribution in [-0.2, 0) is 9.84 Å². The molecule has 0 aromatic heterocycles. The number of aliphatic hydroxyl groups is 1. The summed E-state index contributed by atoms with van der Waals surface area (Å²) in [5.41, 5.74) is 1.76. The zero-order valence-corrected chi connectivity index (χ0v) is 13.5. The van der Waals surface area contributed by atoms with Gasteiger partial charge in [0.1, 0.15) is 12.4 Å². The Balaban J connectivity index is 2.78. The van der Waals surface area contributed by atoms with Crippen LogP contribution in [0.2, 0.25) is 0 Å². The fourth-order valence-corrected chi connectivity index (χ4v) is 2.37. The molecule has 4 nitrogen and oxygen atoms in total. The fraction of sp³-hybridized carbons (Fsp3) is 0.500. The fourth-order valence-electron chi connectivity index (χ4n) is 1.58. The molecule has 1 N–H and O–H groups in total. The summed E-state index contributed by atoms with van der Waals surface area (Å²) < 4.78 is 29.0. The molecule has 0 radical (unpaired) electrons. The van der Waals surface area contributed by atoms with Crippen molar-refractivity contribution in [3.8, 4) is 17.6 Å². The van der Waals surface area contributed by atoms with Crippen LogP contribution in [0.25, 0.3) is 0 Å². The van der Waals surface area contributed by atoms with Gasteiger partial charge < -0.3 is 9.84 Å². The van der Waals surface area contributed by atoms with Gasteiger partial charge in [0.15, 0.2) is 9.84 Å². The average Bonchev–Trinajstić information content (AvgIpc) is 2.41. The van der Waals surface area contributed by atoms with E-state index in [4.69, 9.17) is 9.84 Å². The smallest absolute Gasteiger partial charge is 0.155 e. The number of aryl methyl sites for hydroxylation is 1. The molecule has 0 saturated heterocycles. The minimum Gasteiger partial charge on any atom is -0.491 e. The van der Waals surface area contributed by atoms with Crippen LogP contribution in [0, 0.1) is 18.8 Å². The van der Waals surface area contributed by atoms with Gasteiger partial charge in [-0.2, -0.15) is 0 Å². The maximum absolute atomic E-state index is 11.7. The Hall–Kier alpha value is -1.51. The molecule has 0 aliphatic carbocycles. The predicted molar refractivity (Wildman–Crippen MR) is 84.2 cm³/mol. The Morgan fingerprint density at radius 2 is 2.05 bits per heavy atom. The van der Waals surface area contributed by atoms with Gasteiger partial charge in [0.05, 0.1) is 23.2 Å². The molecule has 1 aromatic carbocycles. The second-order valence-corrected chi connectivity index (χ2v) is 7.72. The van der Waals surface area contributed by atoms with Crippen molar-refractivity contribution in [2.75, 3.05) is 19.0 Å². The quantitative estimate of drug-likeness (QED) is 0.816. The monoisotopic (exact) mass is 310 g/mol. The Morgan fingerprint density at radius 3 is 2.67 bits per heavy atom. The van der Waals surface area contributed by atoms with Crippen LogP contribution in [0.15, 0.2) is 18.2 Å². The van der Waals surface area contributed by atoms with E-state index in [-0.39, 0.29) is 19.0 Å². The topological polar surface area (TPSA) is 63.6 Å². The molecule has 116 valence electrons. The highest BCUT2D eigenvalue weighted by Crippen LogP contribution is 2.19. The summed E-state index contributed by atoms with van der Waals surface area (Å²) in [7, 11) is -3.10. The van der Waals surface area contributed by atoms with E-state index in [1.807, 2.05) is 19.1 Å². The molecule has 0 heterocycles. The number of ether oxygens (including phenoxy) is 1. The van der Waals surface area contributed by atoms with E-state index in [1.165, 1.54) is 0 Å². The molecule has 0 spiro atoms. The highest BCUT2D eigenvalue weighted by Gasteiger charge is 2.16. The van der Waals surface area contributed by atoms with E-state index in [0.717, 1.165) is 5.56 Å². The van der Waals surface area contributed by atoms with Crippen molar-refractivity contribution in [1.82, 2.24) is 0 Å². The van der Waals surface area contributed by atoms with E-state index >= 15 is 0 Å². The average molecular weight is 310 g/mol. The number of rotatable bonds is 6. The summed E-state index contributed by atoms with van der Waals surface area (Å²) in [6.07, 6.45) is 0.398. The van der Waals surface area contributed by atoms with Crippen LogP contribution >= 0.6 is 0 Å². The minimum absolute atomic E-state index is 0.0119. The second-order valence-electron chi connectivity index (χ2n) is 5.04. The summed E-state index contributed by atoms with van der Waals surface area (Å²) >= 11 is 0. The zero-order chi connectivity index (χ0) is 15.9. The van der Waals surface area contributed by atoms with Gasteiger partial charge in [0.2, 0.25) is 0 Å². The van der Waals surface area contributed by atoms with Crippen LogP contribution in [0.4, 0.5) is 0 Å². The molecule has 0 fully saturated rings. The first-order valence-electron chi connectivity index (χ1n) is 6.91. The number of aliphatic hydroxyl groups excluding tert-OH is 1. The molecule has 0 aliphatic rings. The van der Waals surface area contributed by atoms with Gasteiger partial charge in [0, 0.05) is 6.42 Å². The van der Waals surface area contributed by atoms with Crippen molar-refractivity contribution in [1.29, 1.82) is 0 Å². The first-order valence-corrected chi connectivity index (χ1v) is 8.63. The first-order chi connectivity index (χ1) is 9.86. The van der Waals surface area contributed by atoms with Gasteiger partial charge in [-0.15, -0.1) is 0 Å². The van der Waals surface area contributed by atoms with E-state index in [9.17, 15) is 8.42 Å². The largest absolute Gasteiger partial charge is 0.491 e. The molecule has 0 unspecified atom stereocenters. The molecule has 1 aromatic rings. The Labute approximate surface area is 127 Å². The van der Waals surface area contributed by atoms with Crippen LogP contribution in [0.1, 0.15) is 31.4 Å². The lowest BCUT2D eigenvalue weighted by molar-refractivity contribution is 0.305. The van der Waals surface area contributed by atoms with Crippen molar-refractivity contribution in [3.05, 3.63) is 29.3 Å². The predicted octanol–water partition coefficient (Wildman–Crippen LogP) is 1.93. The summed E-state index contributed by atoms with van der Waals surface area (Å²) in [5.74, 6) is 6.35. The molecule has 0 atom stereocenters. The van der Waals surface area contributed by atoms with E-state index in [1.54, 1.807) is 19.9 Å². The van der Waals surface area contributed by atoms with Crippen LogP contribution in [0.5, 0.6) is 5.75 Å². The highest BCUT2D eigenvalue weighted by atomic mass is 32.2. The summed E-state index contributed by atoms with van der Waals surface area (Å²) in [6.45, 7) is 5.39. The SMILES string of the molecule is Cc1ccc(OCCS(=O)(=O)C(C)C)c(C#CCCO)c1. The van der Waals surface area contributed by atoms with Crippen LogP contribution in [0.3, 0.4) is 0 Å². The lowest BCUT2D eigenvalue weighted by atomic mass is 10.1.